The quantitative estimate of drug-likeness (QED) is 0.549. The van der Waals surface area contributed by atoms with Crippen molar-refractivity contribution in [2.75, 3.05) is 0 Å². The van der Waals surface area contributed by atoms with Crippen LogP contribution < -0.4 is 0 Å². The first-order valence-electron chi connectivity index (χ1n) is 5.74. The molecule has 0 bridgehead atoms. The number of carbonyl (C=O) groups is 1. The molecule has 0 aliphatic rings. The SMILES string of the molecule is O=C(O)c1cccc2c3cccc4ccn(c12)c43. The zero-order chi connectivity index (χ0) is 12.3. The maximum atomic E-state index is 11.3. The van der Waals surface area contributed by atoms with E-state index in [1.165, 1.54) is 0 Å². The van der Waals surface area contributed by atoms with Crippen molar-refractivity contribution in [3.63, 3.8) is 0 Å². The van der Waals surface area contributed by atoms with E-state index in [0.717, 1.165) is 27.2 Å². The molecule has 18 heavy (non-hydrogen) atoms. The molecule has 0 unspecified atom stereocenters. The second kappa shape index (κ2) is 3.01. The fourth-order valence-corrected chi connectivity index (χ4v) is 2.79. The van der Waals surface area contributed by atoms with Gasteiger partial charge in [0.05, 0.1) is 16.6 Å². The highest BCUT2D eigenvalue weighted by molar-refractivity contribution is 6.18. The molecule has 3 nitrogen and oxygen atoms in total. The minimum Gasteiger partial charge on any atom is -0.478 e. The van der Waals surface area contributed by atoms with Crippen LogP contribution in [0, 0.1) is 0 Å². The summed E-state index contributed by atoms with van der Waals surface area (Å²) < 4.78 is 1.98. The molecule has 0 fully saturated rings. The highest BCUT2D eigenvalue weighted by Crippen LogP contribution is 2.34. The number of carboxylic acid groups (broad SMARTS) is 1. The Bertz CT molecular complexity index is 899. The number of fused-ring (bicyclic) bond motifs is 3. The molecule has 0 amide bonds. The van der Waals surface area contributed by atoms with Gasteiger partial charge in [-0.05, 0) is 12.1 Å². The zero-order valence-electron chi connectivity index (χ0n) is 9.42. The normalized spacial score (nSPS) is 11.8. The Kier molecular flexibility index (Phi) is 1.59. The highest BCUT2D eigenvalue weighted by atomic mass is 16.4. The molecule has 4 aromatic rings. The number of benzene rings is 2. The van der Waals surface area contributed by atoms with Crippen LogP contribution in [0.5, 0.6) is 0 Å². The summed E-state index contributed by atoms with van der Waals surface area (Å²) in [5.74, 6) is -0.887. The van der Waals surface area contributed by atoms with E-state index in [0.29, 0.717) is 5.56 Å². The lowest BCUT2D eigenvalue weighted by atomic mass is 10.1. The van der Waals surface area contributed by atoms with Crippen LogP contribution in [0.3, 0.4) is 0 Å². The predicted molar refractivity (Wildman–Crippen MR) is 70.6 cm³/mol. The van der Waals surface area contributed by atoms with Crippen LogP contribution in [0.4, 0.5) is 0 Å². The average molecular weight is 235 g/mol. The van der Waals surface area contributed by atoms with E-state index in [1.54, 1.807) is 12.1 Å². The van der Waals surface area contributed by atoms with Gasteiger partial charge in [0.25, 0.3) is 0 Å². The zero-order valence-corrected chi connectivity index (χ0v) is 9.42. The average Bonchev–Trinajstić information content (AvgIpc) is 2.94. The van der Waals surface area contributed by atoms with Gasteiger partial charge in [-0.3, -0.25) is 0 Å². The number of hydrogen-bond donors (Lipinski definition) is 1. The number of carboxylic acids is 1. The van der Waals surface area contributed by atoms with Crippen molar-refractivity contribution in [2.45, 2.75) is 0 Å². The third kappa shape index (κ3) is 0.966. The lowest BCUT2D eigenvalue weighted by Crippen LogP contribution is -1.98. The summed E-state index contributed by atoms with van der Waals surface area (Å²) in [6.45, 7) is 0. The Morgan fingerprint density at radius 1 is 0.944 bits per heavy atom. The van der Waals surface area contributed by atoms with Gasteiger partial charge in [-0.1, -0.05) is 30.3 Å². The first-order valence-corrected chi connectivity index (χ1v) is 5.74. The highest BCUT2D eigenvalue weighted by Gasteiger charge is 2.16. The van der Waals surface area contributed by atoms with Gasteiger partial charge in [0.1, 0.15) is 0 Å². The smallest absolute Gasteiger partial charge is 0.337 e. The van der Waals surface area contributed by atoms with Gasteiger partial charge < -0.3 is 9.51 Å². The van der Waals surface area contributed by atoms with E-state index in [-0.39, 0.29) is 0 Å². The molecule has 0 spiro atoms. The number of hydrogen-bond acceptors (Lipinski definition) is 1. The summed E-state index contributed by atoms with van der Waals surface area (Å²) in [5.41, 5.74) is 2.23. The molecule has 0 atom stereocenters. The molecule has 2 aromatic heterocycles. The Morgan fingerprint density at radius 3 is 2.44 bits per heavy atom. The molecule has 2 heterocycles. The second-order valence-corrected chi connectivity index (χ2v) is 4.44. The summed E-state index contributed by atoms with van der Waals surface area (Å²) >= 11 is 0. The summed E-state index contributed by atoms with van der Waals surface area (Å²) in [6.07, 6.45) is 1.94. The van der Waals surface area contributed by atoms with Crippen molar-refractivity contribution in [1.29, 1.82) is 0 Å². The standard InChI is InChI=1S/C15H9NO2/c17-15(18)12-6-2-5-11-10-4-1-3-9-7-8-16(13(9)10)14(11)12/h1-8H,(H,17,18). The van der Waals surface area contributed by atoms with Crippen LogP contribution in [0.15, 0.2) is 48.7 Å². The Labute approximate surface area is 102 Å². The molecule has 0 saturated heterocycles. The largest absolute Gasteiger partial charge is 0.478 e. The predicted octanol–water partition coefficient (Wildman–Crippen LogP) is 3.38. The topological polar surface area (TPSA) is 41.7 Å². The van der Waals surface area contributed by atoms with Gasteiger partial charge >= 0.3 is 5.97 Å². The van der Waals surface area contributed by atoms with Gasteiger partial charge in [0.2, 0.25) is 0 Å². The number of aromatic nitrogens is 1. The summed E-state index contributed by atoms with van der Waals surface area (Å²) in [6, 6.07) is 13.5. The molecule has 0 aliphatic heterocycles. The minimum absolute atomic E-state index is 0.348. The van der Waals surface area contributed by atoms with E-state index < -0.39 is 5.97 Å². The molecule has 4 rings (SSSR count). The lowest BCUT2D eigenvalue weighted by Gasteiger charge is -1.98. The van der Waals surface area contributed by atoms with Gasteiger partial charge in [0, 0.05) is 22.4 Å². The van der Waals surface area contributed by atoms with E-state index in [4.69, 9.17) is 0 Å². The Hall–Kier alpha value is -2.55. The molecule has 0 saturated carbocycles. The maximum Gasteiger partial charge on any atom is 0.337 e. The van der Waals surface area contributed by atoms with Crippen molar-refractivity contribution in [3.8, 4) is 0 Å². The number of nitrogens with zero attached hydrogens (tertiary/aromatic N) is 1. The van der Waals surface area contributed by atoms with Gasteiger partial charge in [0.15, 0.2) is 0 Å². The van der Waals surface area contributed by atoms with E-state index in [1.807, 2.05) is 40.9 Å². The molecular formula is C15H9NO2. The summed E-state index contributed by atoms with van der Waals surface area (Å²) in [4.78, 5) is 11.3. The van der Waals surface area contributed by atoms with Gasteiger partial charge in [-0.15, -0.1) is 0 Å². The Balaban J connectivity index is 2.41. The van der Waals surface area contributed by atoms with Crippen molar-refractivity contribution in [2.24, 2.45) is 0 Å². The van der Waals surface area contributed by atoms with Gasteiger partial charge in [-0.25, -0.2) is 4.79 Å². The lowest BCUT2D eigenvalue weighted by molar-refractivity contribution is 0.0699. The van der Waals surface area contributed by atoms with Crippen LogP contribution in [-0.2, 0) is 0 Å². The van der Waals surface area contributed by atoms with E-state index in [2.05, 4.69) is 0 Å². The molecule has 0 radical (unpaired) electrons. The molecule has 3 heteroatoms. The maximum absolute atomic E-state index is 11.3. The fourth-order valence-electron chi connectivity index (χ4n) is 2.79. The number of rotatable bonds is 1. The van der Waals surface area contributed by atoms with Crippen molar-refractivity contribution in [3.05, 3.63) is 54.2 Å². The van der Waals surface area contributed by atoms with Crippen molar-refractivity contribution >= 4 is 33.2 Å². The van der Waals surface area contributed by atoms with Crippen molar-refractivity contribution < 1.29 is 9.90 Å². The minimum atomic E-state index is -0.887. The molecule has 86 valence electrons. The first kappa shape index (κ1) is 9.48. The van der Waals surface area contributed by atoms with Gasteiger partial charge in [-0.2, -0.15) is 0 Å². The third-order valence-corrected chi connectivity index (χ3v) is 3.51. The summed E-state index contributed by atoms with van der Waals surface area (Å²) in [7, 11) is 0. The fraction of sp³-hybridized carbons (Fsp3) is 0. The second-order valence-electron chi connectivity index (χ2n) is 4.44. The monoisotopic (exact) mass is 235 g/mol. The third-order valence-electron chi connectivity index (χ3n) is 3.51. The van der Waals surface area contributed by atoms with Crippen molar-refractivity contribution in [1.82, 2.24) is 4.40 Å². The Morgan fingerprint density at radius 2 is 1.67 bits per heavy atom. The van der Waals surface area contributed by atoms with Crippen LogP contribution in [0.2, 0.25) is 0 Å². The van der Waals surface area contributed by atoms with Crippen LogP contribution in [0.25, 0.3) is 27.2 Å². The summed E-state index contributed by atoms with van der Waals surface area (Å²) in [5, 5.41) is 12.5. The molecule has 2 aromatic carbocycles. The molecule has 1 N–H and O–H groups in total. The van der Waals surface area contributed by atoms with Crippen LogP contribution >= 0.6 is 0 Å². The number of aromatic carboxylic acids is 1. The van der Waals surface area contributed by atoms with E-state index >= 15 is 0 Å². The first-order chi connectivity index (χ1) is 8.77. The van der Waals surface area contributed by atoms with E-state index in [9.17, 15) is 9.90 Å². The number of para-hydroxylation sites is 2. The van der Waals surface area contributed by atoms with Crippen LogP contribution in [-0.4, -0.2) is 15.5 Å². The molecule has 0 aliphatic carbocycles. The molecular weight excluding hydrogens is 226 g/mol. The van der Waals surface area contributed by atoms with Crippen LogP contribution in [0.1, 0.15) is 10.4 Å².